The molecule has 3 rings (SSSR count). The first kappa shape index (κ1) is 25.0. The van der Waals surface area contributed by atoms with Crippen molar-refractivity contribution in [2.24, 2.45) is 0 Å². The molecule has 1 aromatic heterocycles. The first-order chi connectivity index (χ1) is 15.6. The summed E-state index contributed by atoms with van der Waals surface area (Å²) in [4.78, 5) is 37.0. The van der Waals surface area contributed by atoms with Gasteiger partial charge in [0.25, 0.3) is 13.1 Å². The normalized spacial score (nSPS) is 23.1. The molecular formula is C20H25FN3O8P. The molecule has 0 unspecified atom stereocenters. The summed E-state index contributed by atoms with van der Waals surface area (Å²) in [5.41, 5.74) is -1.26. The number of aliphatic hydroxyl groups excluding tert-OH is 1. The third kappa shape index (κ3) is 6.68. The molecule has 0 spiro atoms. The van der Waals surface area contributed by atoms with Crippen molar-refractivity contribution in [3.05, 3.63) is 68.7 Å². The Kier molecular flexibility index (Phi) is 7.98. The Bertz CT molecular complexity index is 1140. The largest absolute Gasteiger partial charge is 0.460 e. The zero-order valence-electron chi connectivity index (χ0n) is 18.0. The molecule has 2 heterocycles. The number of rotatable bonds is 9. The van der Waals surface area contributed by atoms with E-state index in [1.54, 1.807) is 12.1 Å². The molecule has 3 N–H and O–H groups in total. The number of H-pyrrole nitrogens is 1. The van der Waals surface area contributed by atoms with Crippen LogP contribution in [0.1, 0.15) is 25.1 Å². The van der Waals surface area contributed by atoms with Crippen LogP contribution in [0.5, 0.6) is 0 Å². The molecule has 1 aliphatic heterocycles. The van der Waals surface area contributed by atoms with Crippen molar-refractivity contribution >= 4 is 13.5 Å². The van der Waals surface area contributed by atoms with E-state index in [4.69, 9.17) is 14.0 Å². The Hall–Kier alpha value is -2.63. The highest BCUT2D eigenvalue weighted by atomic mass is 31.2. The third-order valence-corrected chi connectivity index (χ3v) is 6.43. The quantitative estimate of drug-likeness (QED) is 0.348. The van der Waals surface area contributed by atoms with Gasteiger partial charge in [0.2, 0.25) is 5.82 Å². The molecule has 2 aromatic rings. The van der Waals surface area contributed by atoms with Crippen molar-refractivity contribution in [2.45, 2.75) is 44.4 Å². The number of hydrogen-bond donors (Lipinski definition) is 3. The number of nitrogens with zero attached hydrogens (tertiary/aromatic N) is 1. The van der Waals surface area contributed by atoms with Crippen LogP contribution in [-0.4, -0.2) is 52.1 Å². The van der Waals surface area contributed by atoms with Gasteiger partial charge in [-0.1, -0.05) is 30.3 Å². The molecule has 33 heavy (non-hydrogen) atoms. The molecule has 0 aliphatic carbocycles. The highest BCUT2D eigenvalue weighted by Gasteiger charge is 2.37. The third-order valence-electron chi connectivity index (χ3n) is 4.93. The van der Waals surface area contributed by atoms with Gasteiger partial charge in [-0.3, -0.25) is 23.7 Å². The minimum Gasteiger partial charge on any atom is -0.460 e. The highest BCUT2D eigenvalue weighted by molar-refractivity contribution is 7.56. The zero-order valence-corrected chi connectivity index (χ0v) is 18.9. The fourth-order valence-electron chi connectivity index (χ4n) is 3.22. The number of aromatic nitrogens is 2. The van der Waals surface area contributed by atoms with E-state index in [-0.39, 0.29) is 19.6 Å². The van der Waals surface area contributed by atoms with Crippen molar-refractivity contribution < 1.29 is 32.9 Å². The van der Waals surface area contributed by atoms with Crippen LogP contribution in [0.25, 0.3) is 0 Å². The van der Waals surface area contributed by atoms with Gasteiger partial charge >= 0.3 is 11.7 Å². The molecule has 13 heteroatoms. The fourth-order valence-corrected chi connectivity index (χ4v) is 4.54. The van der Waals surface area contributed by atoms with Crippen molar-refractivity contribution in [1.82, 2.24) is 14.6 Å². The summed E-state index contributed by atoms with van der Waals surface area (Å²) in [6.07, 6.45) is -2.53. The van der Waals surface area contributed by atoms with E-state index in [1.807, 2.05) is 23.2 Å². The Morgan fingerprint density at radius 2 is 2.09 bits per heavy atom. The van der Waals surface area contributed by atoms with E-state index in [0.29, 0.717) is 6.20 Å². The SMILES string of the molecule is C[C@H](N[P@@](C)(=O)OC[C@H]1O[C@@H](n2cc(F)c(=O)[nH]c2=O)C[C@H]1O)C(=O)OCc1ccccc1. The summed E-state index contributed by atoms with van der Waals surface area (Å²) in [6.45, 7) is 2.47. The Morgan fingerprint density at radius 3 is 2.79 bits per heavy atom. The summed E-state index contributed by atoms with van der Waals surface area (Å²) in [5, 5.41) is 12.8. The summed E-state index contributed by atoms with van der Waals surface area (Å²) >= 11 is 0. The molecule has 1 aromatic carbocycles. The van der Waals surface area contributed by atoms with Gasteiger partial charge in [-0.15, -0.1) is 0 Å². The first-order valence-corrected chi connectivity index (χ1v) is 12.2. The number of halogens is 1. The molecule has 1 saturated heterocycles. The van der Waals surface area contributed by atoms with Gasteiger partial charge in [0.1, 0.15) is 25.0 Å². The van der Waals surface area contributed by atoms with Crippen molar-refractivity contribution in [1.29, 1.82) is 0 Å². The van der Waals surface area contributed by atoms with Gasteiger partial charge in [0, 0.05) is 13.1 Å². The Labute approximate surface area is 188 Å². The Balaban J connectivity index is 1.51. The van der Waals surface area contributed by atoms with Gasteiger partial charge < -0.3 is 19.1 Å². The molecular weight excluding hydrogens is 460 g/mol. The van der Waals surface area contributed by atoms with Gasteiger partial charge in [-0.25, -0.2) is 9.88 Å². The molecule has 1 fully saturated rings. The maximum absolute atomic E-state index is 13.5. The van der Waals surface area contributed by atoms with E-state index in [9.17, 15) is 28.4 Å². The molecule has 11 nitrogen and oxygen atoms in total. The van der Waals surface area contributed by atoms with Crippen LogP contribution in [0.2, 0.25) is 0 Å². The lowest BCUT2D eigenvalue weighted by Gasteiger charge is -2.22. The lowest BCUT2D eigenvalue weighted by Crippen LogP contribution is -2.35. The number of benzene rings is 1. The number of esters is 1. The van der Waals surface area contributed by atoms with Gasteiger partial charge in [-0.2, -0.15) is 4.39 Å². The van der Waals surface area contributed by atoms with E-state index in [1.165, 1.54) is 13.6 Å². The first-order valence-electron chi connectivity index (χ1n) is 10.1. The van der Waals surface area contributed by atoms with Crippen LogP contribution < -0.4 is 16.3 Å². The van der Waals surface area contributed by atoms with Crippen molar-refractivity contribution in [2.75, 3.05) is 13.3 Å². The minimum atomic E-state index is -3.51. The zero-order chi connectivity index (χ0) is 24.2. The number of carbonyl (C=O) groups excluding carboxylic acids is 1. The molecule has 0 saturated carbocycles. The summed E-state index contributed by atoms with van der Waals surface area (Å²) in [5.74, 6) is -1.80. The smallest absolute Gasteiger partial charge is 0.330 e. The standard InChI is InChI=1S/C20H25FN3O8P/c1-12(19(27)30-10-13-6-4-3-5-7-13)23-33(2,29)31-11-16-15(25)8-17(32-16)24-9-14(21)18(26)22-20(24)28/h3-7,9,12,15-17,25H,8,10-11H2,1-2H3,(H,23,29)(H,22,26,28)/t12-,15+,16+,17+,33-/m0/s1. The summed E-state index contributed by atoms with van der Waals surface area (Å²) < 4.78 is 43.1. The van der Waals surface area contributed by atoms with E-state index < -0.39 is 55.0 Å². The maximum atomic E-state index is 13.5. The van der Waals surface area contributed by atoms with Crippen LogP contribution >= 0.6 is 7.52 Å². The molecule has 180 valence electrons. The number of ether oxygens (including phenoxy) is 2. The number of aliphatic hydroxyl groups is 1. The molecule has 1 aliphatic rings. The second-order valence-electron chi connectivity index (χ2n) is 7.66. The van der Waals surface area contributed by atoms with Crippen LogP contribution in [-0.2, 0) is 30.0 Å². The average Bonchev–Trinajstić information content (AvgIpc) is 3.14. The molecule has 0 amide bonds. The van der Waals surface area contributed by atoms with E-state index >= 15 is 0 Å². The second kappa shape index (κ2) is 10.5. The van der Waals surface area contributed by atoms with Crippen molar-refractivity contribution in [3.63, 3.8) is 0 Å². The predicted molar refractivity (Wildman–Crippen MR) is 114 cm³/mol. The summed E-state index contributed by atoms with van der Waals surface area (Å²) in [7, 11) is -3.51. The Morgan fingerprint density at radius 1 is 1.39 bits per heavy atom. The van der Waals surface area contributed by atoms with Crippen LogP contribution in [0.15, 0.2) is 46.1 Å². The predicted octanol–water partition coefficient (Wildman–Crippen LogP) is 0.885. The summed E-state index contributed by atoms with van der Waals surface area (Å²) in [6, 6.07) is 8.13. The van der Waals surface area contributed by atoms with Gasteiger partial charge in [-0.05, 0) is 12.5 Å². The van der Waals surface area contributed by atoms with Crippen LogP contribution in [0, 0.1) is 5.82 Å². The van der Waals surface area contributed by atoms with Crippen LogP contribution in [0.4, 0.5) is 4.39 Å². The lowest BCUT2D eigenvalue weighted by molar-refractivity contribution is -0.146. The highest BCUT2D eigenvalue weighted by Crippen LogP contribution is 2.40. The number of nitrogens with one attached hydrogen (secondary N) is 2. The number of carbonyl (C=O) groups is 1. The van der Waals surface area contributed by atoms with Crippen LogP contribution in [0.3, 0.4) is 0 Å². The monoisotopic (exact) mass is 485 g/mol. The number of hydrogen-bond acceptors (Lipinski definition) is 8. The average molecular weight is 485 g/mol. The number of aromatic amines is 1. The molecule has 5 atom stereocenters. The second-order valence-corrected chi connectivity index (χ2v) is 9.87. The van der Waals surface area contributed by atoms with Gasteiger partial charge in [0.05, 0.1) is 18.9 Å². The fraction of sp³-hybridized carbons (Fsp3) is 0.450. The maximum Gasteiger partial charge on any atom is 0.330 e. The topological polar surface area (TPSA) is 149 Å². The molecule has 0 radical (unpaired) electrons. The van der Waals surface area contributed by atoms with E-state index in [0.717, 1.165) is 10.1 Å². The van der Waals surface area contributed by atoms with Crippen molar-refractivity contribution in [3.8, 4) is 0 Å². The van der Waals surface area contributed by atoms with E-state index in [2.05, 4.69) is 5.09 Å². The minimum absolute atomic E-state index is 0.0643. The van der Waals surface area contributed by atoms with Gasteiger partial charge in [0.15, 0.2) is 0 Å². The molecule has 0 bridgehead atoms. The lowest BCUT2D eigenvalue weighted by atomic mass is 10.2.